The number of anilines is 1. The number of aromatic nitrogens is 2. The van der Waals surface area contributed by atoms with Gasteiger partial charge in [0, 0.05) is 47.9 Å². The molecule has 2 aromatic heterocycles. The van der Waals surface area contributed by atoms with Gasteiger partial charge >= 0.3 is 5.97 Å². The van der Waals surface area contributed by atoms with Crippen LogP contribution in [0.25, 0.3) is 11.1 Å². The molecule has 3 heterocycles. The fourth-order valence-electron chi connectivity index (χ4n) is 4.39. The van der Waals surface area contributed by atoms with E-state index in [1.54, 1.807) is 19.3 Å². The van der Waals surface area contributed by atoms with Crippen molar-refractivity contribution >= 4 is 11.7 Å². The minimum absolute atomic E-state index is 0.0340. The van der Waals surface area contributed by atoms with Gasteiger partial charge in [-0.3, -0.25) is 4.98 Å². The Kier molecular flexibility index (Phi) is 8.59. The summed E-state index contributed by atoms with van der Waals surface area (Å²) in [6, 6.07) is 1.39. The van der Waals surface area contributed by atoms with Gasteiger partial charge in [0.15, 0.2) is 11.9 Å². The van der Waals surface area contributed by atoms with E-state index >= 15 is 0 Å². The maximum absolute atomic E-state index is 15.0. The number of hydrogen-bond acceptors (Lipinski definition) is 6. The number of ether oxygens (including phenoxy) is 2. The number of rotatable bonds is 9. The van der Waals surface area contributed by atoms with Gasteiger partial charge in [-0.15, -0.1) is 0 Å². The quantitative estimate of drug-likeness (QED) is 0.402. The second-order valence-corrected chi connectivity index (χ2v) is 11.3. The van der Waals surface area contributed by atoms with Gasteiger partial charge in [-0.25, -0.2) is 14.2 Å². The third-order valence-electron chi connectivity index (χ3n) is 6.53. The summed E-state index contributed by atoms with van der Waals surface area (Å²) in [7, 11) is 0. The average molecular weight is 502 g/mol. The summed E-state index contributed by atoms with van der Waals surface area (Å²) in [4.78, 5) is 23.4. The Hall–Kier alpha value is -2.74. The van der Waals surface area contributed by atoms with Crippen LogP contribution < -0.4 is 9.64 Å². The largest absolute Gasteiger partial charge is 0.479 e. The number of hydrogen-bond donors (Lipinski definition) is 1. The molecule has 198 valence electrons. The van der Waals surface area contributed by atoms with Crippen LogP contribution in [0.4, 0.5) is 10.1 Å². The first-order valence-corrected chi connectivity index (χ1v) is 12.8. The Bertz CT molecular complexity index is 1070. The number of pyridine rings is 2. The molecular formula is C28H40FN3O4. The smallest absolute Gasteiger partial charge is 0.337 e. The van der Waals surface area contributed by atoms with Crippen molar-refractivity contribution in [1.29, 1.82) is 0 Å². The van der Waals surface area contributed by atoms with Crippen LogP contribution in [-0.4, -0.2) is 46.3 Å². The predicted octanol–water partition coefficient (Wildman–Crippen LogP) is 6.34. The molecule has 0 spiro atoms. The number of unbranched alkanes of at least 4 members (excludes halogenated alkanes) is 1. The summed E-state index contributed by atoms with van der Waals surface area (Å²) < 4.78 is 26.5. The molecule has 0 saturated carbocycles. The summed E-state index contributed by atoms with van der Waals surface area (Å²) in [6.07, 6.45) is 5.67. The number of carboxylic acid groups (broad SMARTS) is 1. The van der Waals surface area contributed by atoms with Crippen LogP contribution >= 0.6 is 0 Å². The molecule has 1 atom stereocenters. The Balaban J connectivity index is 2.16. The zero-order chi connectivity index (χ0) is 26.7. The van der Waals surface area contributed by atoms with Crippen molar-refractivity contribution in [2.75, 3.05) is 24.6 Å². The fraction of sp³-hybridized carbons (Fsp3) is 0.607. The number of carboxylic acids is 1. The van der Waals surface area contributed by atoms with Crippen molar-refractivity contribution in [1.82, 2.24) is 9.97 Å². The molecule has 0 aromatic carbocycles. The van der Waals surface area contributed by atoms with Crippen LogP contribution in [0.15, 0.2) is 18.5 Å². The highest BCUT2D eigenvalue weighted by atomic mass is 19.1. The third kappa shape index (κ3) is 6.72. The van der Waals surface area contributed by atoms with Gasteiger partial charge in [0.05, 0.1) is 17.9 Å². The van der Waals surface area contributed by atoms with E-state index in [1.807, 2.05) is 27.7 Å². The number of halogens is 1. The first kappa shape index (κ1) is 27.8. The molecule has 0 unspecified atom stereocenters. The van der Waals surface area contributed by atoms with Gasteiger partial charge in [0.25, 0.3) is 0 Å². The van der Waals surface area contributed by atoms with Crippen LogP contribution in [0, 0.1) is 18.2 Å². The lowest BCUT2D eigenvalue weighted by Gasteiger charge is -2.40. The minimum Gasteiger partial charge on any atom is -0.479 e. The van der Waals surface area contributed by atoms with Crippen molar-refractivity contribution in [2.24, 2.45) is 5.41 Å². The molecule has 1 saturated heterocycles. The first-order valence-electron chi connectivity index (χ1n) is 12.8. The lowest BCUT2D eigenvalue weighted by atomic mass is 9.82. The Morgan fingerprint density at radius 1 is 1.22 bits per heavy atom. The lowest BCUT2D eigenvalue weighted by Crippen LogP contribution is -2.39. The molecule has 0 radical (unpaired) electrons. The summed E-state index contributed by atoms with van der Waals surface area (Å²) in [6.45, 7) is 15.7. The van der Waals surface area contributed by atoms with E-state index in [0.717, 1.165) is 44.5 Å². The molecule has 1 N–H and O–H groups in total. The van der Waals surface area contributed by atoms with Gasteiger partial charge in [-0.05, 0) is 58.4 Å². The van der Waals surface area contributed by atoms with Gasteiger partial charge in [-0.2, -0.15) is 0 Å². The van der Waals surface area contributed by atoms with Crippen molar-refractivity contribution in [3.63, 3.8) is 0 Å². The normalized spacial score (nSPS) is 16.6. The van der Waals surface area contributed by atoms with Gasteiger partial charge in [0.1, 0.15) is 0 Å². The second-order valence-electron chi connectivity index (χ2n) is 11.3. The number of aliphatic carboxylic acids is 1. The van der Waals surface area contributed by atoms with Gasteiger partial charge in [-0.1, -0.05) is 27.2 Å². The van der Waals surface area contributed by atoms with E-state index in [1.165, 1.54) is 6.07 Å². The molecule has 8 heteroatoms. The van der Waals surface area contributed by atoms with E-state index < -0.39 is 23.5 Å². The Labute approximate surface area is 214 Å². The molecule has 36 heavy (non-hydrogen) atoms. The van der Waals surface area contributed by atoms with E-state index in [0.29, 0.717) is 29.0 Å². The number of carbonyl (C=O) groups is 1. The summed E-state index contributed by atoms with van der Waals surface area (Å²) in [5.41, 5.74) is 2.43. The van der Waals surface area contributed by atoms with E-state index in [-0.39, 0.29) is 11.3 Å². The molecule has 3 rings (SSSR count). The van der Waals surface area contributed by atoms with E-state index in [9.17, 15) is 14.3 Å². The predicted molar refractivity (Wildman–Crippen MR) is 139 cm³/mol. The van der Waals surface area contributed by atoms with Crippen LogP contribution in [0.1, 0.15) is 84.6 Å². The highest BCUT2D eigenvalue weighted by Gasteiger charge is 2.36. The molecule has 1 fully saturated rings. The lowest BCUT2D eigenvalue weighted by molar-refractivity contribution is -0.160. The number of piperidine rings is 1. The van der Waals surface area contributed by atoms with Gasteiger partial charge < -0.3 is 19.5 Å². The van der Waals surface area contributed by atoms with Gasteiger partial charge in [0.2, 0.25) is 5.88 Å². The van der Waals surface area contributed by atoms with Crippen LogP contribution in [0.3, 0.4) is 0 Å². The van der Waals surface area contributed by atoms with Crippen LogP contribution in [0.2, 0.25) is 0 Å². The molecule has 1 aliphatic heterocycles. The average Bonchev–Trinajstić information content (AvgIpc) is 2.78. The highest BCUT2D eigenvalue weighted by molar-refractivity contribution is 5.86. The maximum Gasteiger partial charge on any atom is 0.337 e. The number of aryl methyl sites for hydroxylation is 1. The van der Waals surface area contributed by atoms with Crippen molar-refractivity contribution in [3.8, 4) is 17.0 Å². The Morgan fingerprint density at radius 2 is 1.89 bits per heavy atom. The molecule has 0 aliphatic carbocycles. The molecule has 2 aromatic rings. The van der Waals surface area contributed by atoms with Crippen LogP contribution in [-0.2, 0) is 9.53 Å². The SMILES string of the molecule is CCCCOc1ncc(-c2cnc(C)c([C@H](OC(C)(C)C)C(=O)O)c2N2CCC(C)(C)CC2)cc1F. The molecule has 0 bridgehead atoms. The zero-order valence-corrected chi connectivity index (χ0v) is 22.7. The summed E-state index contributed by atoms with van der Waals surface area (Å²) in [5, 5.41) is 10.2. The molecule has 1 aliphatic rings. The van der Waals surface area contributed by atoms with Crippen LogP contribution in [0.5, 0.6) is 5.88 Å². The monoisotopic (exact) mass is 501 g/mol. The first-order chi connectivity index (χ1) is 16.8. The third-order valence-corrected chi connectivity index (χ3v) is 6.53. The zero-order valence-electron chi connectivity index (χ0n) is 22.7. The molecule has 0 amide bonds. The second kappa shape index (κ2) is 11.1. The van der Waals surface area contributed by atoms with E-state index in [2.05, 4.69) is 28.7 Å². The summed E-state index contributed by atoms with van der Waals surface area (Å²) in [5.74, 6) is -1.68. The standard InChI is InChI=1S/C28H40FN3O4/c1-8-9-14-35-25-21(29)15-19(16-31-25)20-17-30-18(2)22(24(26(33)34)36-27(3,4)5)23(20)32-12-10-28(6,7)11-13-32/h15-17,24H,8-14H2,1-7H3,(H,33,34)/t24-/m0/s1. The van der Waals surface area contributed by atoms with E-state index in [4.69, 9.17) is 9.47 Å². The number of nitrogens with zero attached hydrogens (tertiary/aromatic N) is 3. The Morgan fingerprint density at radius 3 is 2.44 bits per heavy atom. The minimum atomic E-state index is -1.23. The van der Waals surface area contributed by atoms with Crippen molar-refractivity contribution < 1.29 is 23.8 Å². The van der Waals surface area contributed by atoms with Crippen molar-refractivity contribution in [2.45, 2.75) is 85.9 Å². The summed E-state index contributed by atoms with van der Waals surface area (Å²) >= 11 is 0. The highest BCUT2D eigenvalue weighted by Crippen LogP contribution is 2.43. The molecular weight excluding hydrogens is 461 g/mol. The van der Waals surface area contributed by atoms with Crippen molar-refractivity contribution in [3.05, 3.63) is 35.5 Å². The fourth-order valence-corrected chi connectivity index (χ4v) is 4.39. The topological polar surface area (TPSA) is 84.8 Å². The molecule has 7 nitrogen and oxygen atoms in total. The maximum atomic E-state index is 15.0.